The van der Waals surface area contributed by atoms with Crippen LogP contribution in [0.2, 0.25) is 10.0 Å². The summed E-state index contributed by atoms with van der Waals surface area (Å²) >= 11 is 12.2. The molecule has 0 aromatic heterocycles. The molecule has 0 fully saturated rings. The van der Waals surface area contributed by atoms with Crippen LogP contribution >= 0.6 is 23.2 Å². The minimum absolute atomic E-state index is 0.0643. The molecule has 0 atom stereocenters. The van der Waals surface area contributed by atoms with Gasteiger partial charge in [-0.3, -0.25) is 4.79 Å². The lowest BCUT2D eigenvalue weighted by molar-refractivity contribution is 0.0989. The Morgan fingerprint density at radius 1 is 1.14 bits per heavy atom. The molecule has 2 aromatic carbocycles. The Morgan fingerprint density at radius 3 is 2.62 bits per heavy atom. The monoisotopic (exact) mass is 321 g/mol. The van der Waals surface area contributed by atoms with E-state index < -0.39 is 0 Å². The maximum absolute atomic E-state index is 12.6. The number of hydrogen-bond acceptors (Lipinski definition) is 3. The van der Waals surface area contributed by atoms with Crippen LogP contribution in [0.15, 0.2) is 36.4 Å². The molecule has 108 valence electrons. The van der Waals surface area contributed by atoms with Crippen LogP contribution < -0.4 is 10.1 Å². The second kappa shape index (κ2) is 5.96. The molecule has 0 aliphatic carbocycles. The molecule has 3 nitrogen and oxygen atoms in total. The molecule has 0 radical (unpaired) electrons. The molecule has 1 N–H and O–H groups in total. The summed E-state index contributed by atoms with van der Waals surface area (Å²) in [6, 6.07) is 10.7. The molecular weight excluding hydrogens is 309 g/mol. The molecule has 0 saturated heterocycles. The van der Waals surface area contributed by atoms with Gasteiger partial charge in [-0.15, -0.1) is 0 Å². The molecule has 5 heteroatoms. The van der Waals surface area contributed by atoms with Gasteiger partial charge in [-0.25, -0.2) is 0 Å². The van der Waals surface area contributed by atoms with Gasteiger partial charge in [0.1, 0.15) is 6.61 Å². The van der Waals surface area contributed by atoms with Crippen molar-refractivity contribution in [3.05, 3.63) is 57.6 Å². The number of carbonyl (C=O) groups is 1. The molecule has 1 aliphatic rings. The van der Waals surface area contributed by atoms with Gasteiger partial charge in [-0.1, -0.05) is 35.3 Å². The number of fused-ring (bicyclic) bond motifs is 1. The highest BCUT2D eigenvalue weighted by Crippen LogP contribution is 2.33. The maximum Gasteiger partial charge on any atom is 0.171 e. The molecular formula is C16H13Cl2NO2. The Labute approximate surface area is 132 Å². The van der Waals surface area contributed by atoms with E-state index in [4.69, 9.17) is 27.9 Å². The maximum atomic E-state index is 12.6. The number of hydrogen-bond donors (Lipinski definition) is 1. The number of nitrogens with one attached hydrogen (secondary N) is 1. The highest BCUT2D eigenvalue weighted by atomic mass is 35.5. The summed E-state index contributed by atoms with van der Waals surface area (Å²) in [6.07, 6.45) is 0.151. The number of rotatable bonds is 3. The summed E-state index contributed by atoms with van der Waals surface area (Å²) in [5.74, 6) is 0.544. The Balaban J connectivity index is 1.93. The summed E-state index contributed by atoms with van der Waals surface area (Å²) in [6.45, 7) is 1.28. The van der Waals surface area contributed by atoms with E-state index in [1.54, 1.807) is 24.3 Å². The Bertz CT molecular complexity index is 680. The smallest absolute Gasteiger partial charge is 0.171 e. The van der Waals surface area contributed by atoms with Gasteiger partial charge in [0.25, 0.3) is 0 Å². The number of para-hydroxylation sites is 1. The average Bonchev–Trinajstić information content (AvgIpc) is 2.50. The van der Waals surface area contributed by atoms with Crippen LogP contribution in [0, 0.1) is 0 Å². The van der Waals surface area contributed by atoms with E-state index in [2.05, 4.69) is 5.32 Å². The van der Waals surface area contributed by atoms with Crippen LogP contribution in [0.25, 0.3) is 0 Å². The third-order valence-corrected chi connectivity index (χ3v) is 4.09. The first-order valence-corrected chi connectivity index (χ1v) is 7.38. The third kappa shape index (κ3) is 2.85. The number of ketones is 1. The SMILES string of the molecule is O=C(Cc1c(Cl)cccc1Cl)c1cccc2c1OCCN2. The van der Waals surface area contributed by atoms with E-state index in [1.165, 1.54) is 0 Å². The van der Waals surface area contributed by atoms with Crippen LogP contribution in [0.3, 0.4) is 0 Å². The first-order valence-electron chi connectivity index (χ1n) is 6.62. The van der Waals surface area contributed by atoms with E-state index in [-0.39, 0.29) is 12.2 Å². The molecule has 0 unspecified atom stereocenters. The number of carbonyl (C=O) groups excluding carboxylic acids is 1. The predicted molar refractivity (Wildman–Crippen MR) is 84.9 cm³/mol. The molecule has 0 spiro atoms. The first-order chi connectivity index (χ1) is 10.2. The number of halogens is 2. The molecule has 1 aliphatic heterocycles. The average molecular weight is 322 g/mol. The van der Waals surface area contributed by atoms with Gasteiger partial charge >= 0.3 is 0 Å². The minimum atomic E-state index is -0.0643. The van der Waals surface area contributed by atoms with Crippen LogP contribution in [0.4, 0.5) is 5.69 Å². The van der Waals surface area contributed by atoms with Crippen molar-refractivity contribution < 1.29 is 9.53 Å². The summed E-state index contributed by atoms with van der Waals surface area (Å²) in [7, 11) is 0. The fraction of sp³-hybridized carbons (Fsp3) is 0.188. The number of anilines is 1. The van der Waals surface area contributed by atoms with Gasteiger partial charge in [0.15, 0.2) is 11.5 Å². The first kappa shape index (κ1) is 14.2. The molecule has 21 heavy (non-hydrogen) atoms. The predicted octanol–water partition coefficient (Wildman–Crippen LogP) is 4.22. The van der Waals surface area contributed by atoms with E-state index in [0.717, 1.165) is 12.2 Å². The lowest BCUT2D eigenvalue weighted by Gasteiger charge is -2.21. The third-order valence-electron chi connectivity index (χ3n) is 3.38. The van der Waals surface area contributed by atoms with Crippen LogP contribution in [0.1, 0.15) is 15.9 Å². The summed E-state index contributed by atoms with van der Waals surface area (Å²) < 4.78 is 5.62. The van der Waals surface area contributed by atoms with E-state index >= 15 is 0 Å². The van der Waals surface area contributed by atoms with Crippen molar-refractivity contribution in [1.29, 1.82) is 0 Å². The Kier molecular flexibility index (Phi) is 4.04. The fourth-order valence-corrected chi connectivity index (χ4v) is 2.88. The van der Waals surface area contributed by atoms with Crippen molar-refractivity contribution in [3.8, 4) is 5.75 Å². The highest BCUT2D eigenvalue weighted by Gasteiger charge is 2.20. The molecule has 0 amide bonds. The highest BCUT2D eigenvalue weighted by molar-refractivity contribution is 6.36. The van der Waals surface area contributed by atoms with Crippen LogP contribution in [-0.2, 0) is 6.42 Å². The van der Waals surface area contributed by atoms with Crippen molar-refractivity contribution >= 4 is 34.7 Å². The van der Waals surface area contributed by atoms with E-state index in [0.29, 0.717) is 33.5 Å². The number of ether oxygens (including phenoxy) is 1. The summed E-state index contributed by atoms with van der Waals surface area (Å²) in [5, 5.41) is 4.21. The van der Waals surface area contributed by atoms with Crippen molar-refractivity contribution in [2.45, 2.75) is 6.42 Å². The zero-order chi connectivity index (χ0) is 14.8. The fourth-order valence-electron chi connectivity index (χ4n) is 2.35. The Hall–Kier alpha value is -1.71. The number of benzene rings is 2. The number of Topliss-reactive ketones (excluding diaryl/α,β-unsaturated/α-hetero) is 1. The lowest BCUT2D eigenvalue weighted by Crippen LogP contribution is -2.20. The van der Waals surface area contributed by atoms with Gasteiger partial charge < -0.3 is 10.1 Å². The van der Waals surface area contributed by atoms with Crippen molar-refractivity contribution in [1.82, 2.24) is 0 Å². The van der Waals surface area contributed by atoms with Crippen LogP contribution in [-0.4, -0.2) is 18.9 Å². The van der Waals surface area contributed by atoms with Gasteiger partial charge in [0.2, 0.25) is 0 Å². The molecule has 0 bridgehead atoms. The zero-order valence-electron chi connectivity index (χ0n) is 11.2. The van der Waals surface area contributed by atoms with Gasteiger partial charge in [-0.2, -0.15) is 0 Å². The quantitative estimate of drug-likeness (QED) is 0.860. The molecule has 2 aromatic rings. The zero-order valence-corrected chi connectivity index (χ0v) is 12.7. The van der Waals surface area contributed by atoms with Crippen LogP contribution in [0.5, 0.6) is 5.75 Å². The van der Waals surface area contributed by atoms with Gasteiger partial charge in [0.05, 0.1) is 11.3 Å². The minimum Gasteiger partial charge on any atom is -0.489 e. The second-order valence-corrected chi connectivity index (χ2v) is 5.57. The molecule has 3 rings (SSSR count). The van der Waals surface area contributed by atoms with Crippen molar-refractivity contribution in [2.24, 2.45) is 0 Å². The van der Waals surface area contributed by atoms with Gasteiger partial charge in [0, 0.05) is 23.0 Å². The lowest BCUT2D eigenvalue weighted by atomic mass is 10.0. The Morgan fingerprint density at radius 2 is 1.86 bits per heavy atom. The topological polar surface area (TPSA) is 38.3 Å². The van der Waals surface area contributed by atoms with Crippen molar-refractivity contribution in [2.75, 3.05) is 18.5 Å². The second-order valence-electron chi connectivity index (χ2n) is 4.76. The molecule has 0 saturated carbocycles. The molecule has 1 heterocycles. The van der Waals surface area contributed by atoms with Crippen molar-refractivity contribution in [3.63, 3.8) is 0 Å². The summed E-state index contributed by atoms with van der Waals surface area (Å²) in [4.78, 5) is 12.6. The summed E-state index contributed by atoms with van der Waals surface area (Å²) in [5.41, 5.74) is 2.04. The largest absolute Gasteiger partial charge is 0.489 e. The standard InChI is InChI=1S/C16H13Cl2NO2/c17-12-4-2-5-13(18)11(12)9-15(20)10-3-1-6-14-16(10)21-8-7-19-14/h1-6,19H,7-9H2. The van der Waals surface area contributed by atoms with Gasteiger partial charge in [-0.05, 0) is 29.8 Å². The van der Waals surface area contributed by atoms with E-state index in [9.17, 15) is 4.79 Å². The normalized spacial score (nSPS) is 13.0. The van der Waals surface area contributed by atoms with E-state index in [1.807, 2.05) is 12.1 Å².